The molecule has 1 nitrogen and oxygen atoms in total. The van der Waals surface area contributed by atoms with E-state index in [-0.39, 0.29) is 0 Å². The highest BCUT2D eigenvalue weighted by atomic mass is 15.1. The number of benzene rings is 8. The third kappa shape index (κ3) is 6.06. The van der Waals surface area contributed by atoms with Crippen molar-refractivity contribution in [1.82, 2.24) is 0 Å². The molecule has 0 bridgehead atoms. The van der Waals surface area contributed by atoms with Gasteiger partial charge in [0.1, 0.15) is 0 Å². The third-order valence-electron chi connectivity index (χ3n) is 9.11. The molecule has 8 aromatic carbocycles. The van der Waals surface area contributed by atoms with E-state index in [4.69, 9.17) is 0 Å². The summed E-state index contributed by atoms with van der Waals surface area (Å²) >= 11 is 0. The van der Waals surface area contributed by atoms with Gasteiger partial charge in [0.25, 0.3) is 0 Å². The quantitative estimate of drug-likeness (QED) is 0.162. The molecular weight excluding hydrogens is 591 g/mol. The van der Waals surface area contributed by atoms with Crippen molar-refractivity contribution >= 4 is 17.1 Å². The SMILES string of the molecule is c1ccc(-c2cccc(N(c3ccccc3-c3ccccc3)c3ccccc3-c3ccccc3-c3ccccc3-c3ccccc3)c2)cc1. The van der Waals surface area contributed by atoms with Crippen molar-refractivity contribution in [2.75, 3.05) is 4.90 Å². The highest BCUT2D eigenvalue weighted by Crippen LogP contribution is 2.47. The minimum absolute atomic E-state index is 1.10. The van der Waals surface area contributed by atoms with Crippen LogP contribution in [0, 0.1) is 0 Å². The van der Waals surface area contributed by atoms with Crippen molar-refractivity contribution < 1.29 is 0 Å². The topological polar surface area (TPSA) is 3.24 Å². The van der Waals surface area contributed by atoms with Gasteiger partial charge in [-0.15, -0.1) is 0 Å². The molecule has 0 aliphatic rings. The monoisotopic (exact) mass is 625 g/mol. The van der Waals surface area contributed by atoms with E-state index in [2.05, 4.69) is 217 Å². The van der Waals surface area contributed by atoms with Crippen molar-refractivity contribution in [2.24, 2.45) is 0 Å². The highest BCUT2D eigenvalue weighted by molar-refractivity contribution is 5.99. The summed E-state index contributed by atoms with van der Waals surface area (Å²) in [5.41, 5.74) is 15.2. The molecule has 0 aliphatic carbocycles. The van der Waals surface area contributed by atoms with Crippen LogP contribution in [0.2, 0.25) is 0 Å². The summed E-state index contributed by atoms with van der Waals surface area (Å²) < 4.78 is 0. The molecule has 0 saturated carbocycles. The van der Waals surface area contributed by atoms with Crippen LogP contribution in [0.1, 0.15) is 0 Å². The molecule has 0 spiro atoms. The van der Waals surface area contributed by atoms with Crippen molar-refractivity contribution in [3.63, 3.8) is 0 Å². The Labute approximate surface area is 289 Å². The van der Waals surface area contributed by atoms with E-state index in [1.54, 1.807) is 0 Å². The molecule has 49 heavy (non-hydrogen) atoms. The smallest absolute Gasteiger partial charge is 0.0540 e. The maximum Gasteiger partial charge on any atom is 0.0540 e. The van der Waals surface area contributed by atoms with E-state index in [0.29, 0.717) is 0 Å². The van der Waals surface area contributed by atoms with Gasteiger partial charge >= 0.3 is 0 Å². The Balaban J connectivity index is 1.37. The summed E-state index contributed by atoms with van der Waals surface area (Å²) in [6, 6.07) is 76.0. The van der Waals surface area contributed by atoms with Crippen LogP contribution < -0.4 is 4.90 Å². The number of hydrogen-bond donors (Lipinski definition) is 0. The van der Waals surface area contributed by atoms with Crippen LogP contribution in [-0.4, -0.2) is 0 Å². The molecule has 0 N–H and O–H groups in total. The Kier molecular flexibility index (Phi) is 8.39. The van der Waals surface area contributed by atoms with E-state index >= 15 is 0 Å². The maximum absolute atomic E-state index is 2.43. The molecular formula is C48H35N. The molecule has 8 aromatic rings. The van der Waals surface area contributed by atoms with Gasteiger partial charge in [0.2, 0.25) is 0 Å². The highest BCUT2D eigenvalue weighted by Gasteiger charge is 2.22. The van der Waals surface area contributed by atoms with Crippen molar-refractivity contribution in [3.8, 4) is 55.6 Å². The standard InChI is InChI=1S/C48H35N/c1-4-19-36(20-5-1)39-25-18-26-40(35-39)49(47-33-16-14-28-42(47)38-23-8-3-9-24-38)48-34-17-15-32-46(48)45-31-13-12-30-44(45)43-29-11-10-27-41(43)37-21-6-2-7-22-37/h1-35H. The molecule has 0 saturated heterocycles. The molecule has 0 unspecified atom stereocenters. The van der Waals surface area contributed by atoms with Gasteiger partial charge < -0.3 is 4.90 Å². The molecule has 0 aromatic heterocycles. The minimum atomic E-state index is 1.10. The average molecular weight is 626 g/mol. The zero-order valence-electron chi connectivity index (χ0n) is 27.2. The maximum atomic E-state index is 2.43. The van der Waals surface area contributed by atoms with E-state index in [9.17, 15) is 0 Å². The van der Waals surface area contributed by atoms with E-state index in [0.717, 1.165) is 22.6 Å². The number of nitrogens with zero attached hydrogens (tertiary/aromatic N) is 1. The van der Waals surface area contributed by atoms with Gasteiger partial charge in [-0.3, -0.25) is 0 Å². The van der Waals surface area contributed by atoms with Crippen molar-refractivity contribution in [2.45, 2.75) is 0 Å². The summed E-state index contributed by atoms with van der Waals surface area (Å²) in [4.78, 5) is 2.43. The molecule has 1 heteroatoms. The van der Waals surface area contributed by atoms with Crippen LogP contribution in [0.4, 0.5) is 17.1 Å². The number of para-hydroxylation sites is 2. The lowest BCUT2D eigenvalue weighted by atomic mass is 9.88. The number of anilines is 3. The van der Waals surface area contributed by atoms with E-state index < -0.39 is 0 Å². The summed E-state index contributed by atoms with van der Waals surface area (Å²) in [6.07, 6.45) is 0. The molecule has 0 heterocycles. The molecule has 0 radical (unpaired) electrons. The second-order valence-corrected chi connectivity index (χ2v) is 12.1. The van der Waals surface area contributed by atoms with E-state index in [1.807, 2.05) is 0 Å². The van der Waals surface area contributed by atoms with Crippen LogP contribution >= 0.6 is 0 Å². The van der Waals surface area contributed by atoms with Crippen LogP contribution in [0.15, 0.2) is 212 Å². The number of hydrogen-bond acceptors (Lipinski definition) is 1. The second kappa shape index (κ2) is 13.7. The first-order valence-corrected chi connectivity index (χ1v) is 16.8. The van der Waals surface area contributed by atoms with Gasteiger partial charge in [-0.2, -0.15) is 0 Å². The molecule has 8 rings (SSSR count). The predicted molar refractivity (Wildman–Crippen MR) is 208 cm³/mol. The van der Waals surface area contributed by atoms with Gasteiger partial charge in [0.05, 0.1) is 11.4 Å². The molecule has 232 valence electrons. The second-order valence-electron chi connectivity index (χ2n) is 12.1. The first-order valence-electron chi connectivity index (χ1n) is 16.8. The lowest BCUT2D eigenvalue weighted by Crippen LogP contribution is -2.12. The van der Waals surface area contributed by atoms with Crippen LogP contribution in [0.5, 0.6) is 0 Å². The average Bonchev–Trinajstić information content (AvgIpc) is 3.20. The van der Waals surface area contributed by atoms with Crippen LogP contribution in [0.25, 0.3) is 55.6 Å². The first-order chi connectivity index (χ1) is 24.3. The Morgan fingerprint density at radius 3 is 1.18 bits per heavy atom. The summed E-state index contributed by atoms with van der Waals surface area (Å²) in [7, 11) is 0. The third-order valence-corrected chi connectivity index (χ3v) is 9.11. The Morgan fingerprint density at radius 1 is 0.224 bits per heavy atom. The van der Waals surface area contributed by atoms with E-state index in [1.165, 1.54) is 50.1 Å². The zero-order valence-corrected chi connectivity index (χ0v) is 27.2. The summed E-state index contributed by atoms with van der Waals surface area (Å²) in [5, 5.41) is 0. The first kappa shape index (κ1) is 29.9. The minimum Gasteiger partial charge on any atom is -0.309 e. The van der Waals surface area contributed by atoms with Gasteiger partial charge in [-0.05, 0) is 68.8 Å². The lowest BCUT2D eigenvalue weighted by Gasteiger charge is -2.30. The lowest BCUT2D eigenvalue weighted by molar-refractivity contribution is 1.28. The molecule has 0 atom stereocenters. The molecule has 0 amide bonds. The van der Waals surface area contributed by atoms with Gasteiger partial charge in [0, 0.05) is 16.8 Å². The van der Waals surface area contributed by atoms with Crippen LogP contribution in [-0.2, 0) is 0 Å². The largest absolute Gasteiger partial charge is 0.309 e. The Morgan fingerprint density at radius 2 is 0.592 bits per heavy atom. The zero-order chi connectivity index (χ0) is 32.8. The fourth-order valence-electron chi connectivity index (χ4n) is 6.83. The normalized spacial score (nSPS) is 10.9. The number of rotatable bonds is 8. The van der Waals surface area contributed by atoms with Gasteiger partial charge in [0.15, 0.2) is 0 Å². The van der Waals surface area contributed by atoms with Crippen LogP contribution in [0.3, 0.4) is 0 Å². The Bertz CT molecular complexity index is 2320. The van der Waals surface area contributed by atoms with Crippen molar-refractivity contribution in [3.05, 3.63) is 212 Å². The Hall–Kier alpha value is -6.44. The molecule has 0 aliphatic heterocycles. The summed E-state index contributed by atoms with van der Waals surface area (Å²) in [6.45, 7) is 0. The fourth-order valence-corrected chi connectivity index (χ4v) is 6.83. The molecule has 0 fully saturated rings. The predicted octanol–water partition coefficient (Wildman–Crippen LogP) is 13.5. The van der Waals surface area contributed by atoms with Gasteiger partial charge in [-0.1, -0.05) is 188 Å². The summed E-state index contributed by atoms with van der Waals surface area (Å²) in [5.74, 6) is 0. The van der Waals surface area contributed by atoms with Gasteiger partial charge in [-0.25, -0.2) is 0 Å². The van der Waals surface area contributed by atoms with Crippen molar-refractivity contribution in [1.29, 1.82) is 0 Å². The fraction of sp³-hybridized carbons (Fsp3) is 0.